The van der Waals surface area contributed by atoms with Gasteiger partial charge in [-0.05, 0) is 17.5 Å². The van der Waals surface area contributed by atoms with Crippen molar-refractivity contribution in [2.45, 2.75) is 0 Å². The van der Waals surface area contributed by atoms with Crippen LogP contribution in [0.4, 0.5) is 0 Å². The SMILES string of the molecule is O=c1scccc1O. The Morgan fingerprint density at radius 3 is 2.75 bits per heavy atom. The molecule has 3 heteroatoms. The Labute approximate surface area is 50.0 Å². The van der Waals surface area contributed by atoms with Crippen LogP contribution >= 0.6 is 11.3 Å². The molecule has 1 N–H and O–H groups in total. The largest absolute Gasteiger partial charge is 0.504 e. The van der Waals surface area contributed by atoms with E-state index in [0.29, 0.717) is 0 Å². The van der Waals surface area contributed by atoms with Crippen LogP contribution < -0.4 is 4.74 Å². The number of aromatic hydroxyl groups is 1. The van der Waals surface area contributed by atoms with E-state index in [0.717, 1.165) is 11.3 Å². The normalized spacial score (nSPS) is 9.00. The maximum Gasteiger partial charge on any atom is 0.274 e. The average Bonchev–Trinajstić information content (AvgIpc) is 1.77. The van der Waals surface area contributed by atoms with E-state index >= 15 is 0 Å². The van der Waals surface area contributed by atoms with Gasteiger partial charge in [-0.2, -0.15) is 0 Å². The Morgan fingerprint density at radius 1 is 1.62 bits per heavy atom. The van der Waals surface area contributed by atoms with Gasteiger partial charge in [0.1, 0.15) is 0 Å². The standard InChI is InChI=1S/C5H4O2S/c6-4-2-1-3-8-5(4)7/h1-3,6H. The molecule has 1 aromatic heterocycles. The third kappa shape index (κ3) is 0.869. The van der Waals surface area contributed by atoms with E-state index in [1.54, 1.807) is 11.4 Å². The fraction of sp³-hybridized carbons (Fsp3) is 0. The van der Waals surface area contributed by atoms with Gasteiger partial charge < -0.3 is 5.11 Å². The summed E-state index contributed by atoms with van der Waals surface area (Å²) in [5.74, 6) is -0.169. The van der Waals surface area contributed by atoms with E-state index in [-0.39, 0.29) is 10.5 Å². The first-order chi connectivity index (χ1) is 3.80. The summed E-state index contributed by atoms with van der Waals surface area (Å²) in [6.45, 7) is 0. The van der Waals surface area contributed by atoms with Crippen molar-refractivity contribution in [3.05, 3.63) is 27.0 Å². The van der Waals surface area contributed by atoms with Gasteiger partial charge in [0.05, 0.1) is 0 Å². The van der Waals surface area contributed by atoms with Crippen LogP contribution in [0, 0.1) is 0 Å². The van der Waals surface area contributed by atoms with Crippen LogP contribution in [0.3, 0.4) is 0 Å². The Hall–Kier alpha value is -0.830. The lowest BCUT2D eigenvalue weighted by Crippen LogP contribution is -1.89. The molecule has 0 bridgehead atoms. The van der Waals surface area contributed by atoms with E-state index in [4.69, 9.17) is 5.11 Å². The highest BCUT2D eigenvalue weighted by Crippen LogP contribution is 1.99. The Morgan fingerprint density at radius 2 is 2.38 bits per heavy atom. The maximum absolute atomic E-state index is 10.4. The monoisotopic (exact) mass is 128 g/mol. The van der Waals surface area contributed by atoms with Crippen LogP contribution in [0.2, 0.25) is 0 Å². The van der Waals surface area contributed by atoms with Crippen LogP contribution in [0.1, 0.15) is 0 Å². The molecule has 0 aliphatic rings. The van der Waals surface area contributed by atoms with Crippen LogP contribution in [0.15, 0.2) is 22.3 Å². The number of hydrogen-bond donors (Lipinski definition) is 1. The molecule has 1 aromatic rings. The first-order valence-corrected chi connectivity index (χ1v) is 2.95. The van der Waals surface area contributed by atoms with Crippen molar-refractivity contribution in [1.29, 1.82) is 0 Å². The Kier molecular flexibility index (Phi) is 1.30. The smallest absolute Gasteiger partial charge is 0.274 e. The second-order valence-corrected chi connectivity index (χ2v) is 2.16. The molecule has 0 spiro atoms. The molecule has 8 heavy (non-hydrogen) atoms. The molecule has 0 fully saturated rings. The molecule has 0 aliphatic heterocycles. The lowest BCUT2D eigenvalue weighted by atomic mass is 10.5. The van der Waals surface area contributed by atoms with Crippen molar-refractivity contribution < 1.29 is 5.11 Å². The quantitative estimate of drug-likeness (QED) is 0.561. The predicted molar refractivity (Wildman–Crippen MR) is 32.3 cm³/mol. The maximum atomic E-state index is 10.4. The molecule has 0 atom stereocenters. The minimum Gasteiger partial charge on any atom is -0.504 e. The highest BCUT2D eigenvalue weighted by atomic mass is 32.1. The van der Waals surface area contributed by atoms with Gasteiger partial charge in [0.15, 0.2) is 5.75 Å². The number of rotatable bonds is 0. The third-order valence-electron chi connectivity index (χ3n) is 0.717. The summed E-state index contributed by atoms with van der Waals surface area (Å²) >= 11 is 0.988. The summed E-state index contributed by atoms with van der Waals surface area (Å²) in [6.07, 6.45) is 0. The molecule has 0 amide bonds. The highest BCUT2D eigenvalue weighted by molar-refractivity contribution is 7.07. The molecule has 0 saturated heterocycles. The zero-order chi connectivity index (χ0) is 5.98. The molecule has 2 nitrogen and oxygen atoms in total. The number of hydrogen-bond acceptors (Lipinski definition) is 3. The van der Waals surface area contributed by atoms with Gasteiger partial charge in [0.25, 0.3) is 4.74 Å². The Bertz CT molecular complexity index is 228. The minimum atomic E-state index is -0.285. The van der Waals surface area contributed by atoms with Crippen LogP contribution in [0.25, 0.3) is 0 Å². The van der Waals surface area contributed by atoms with Gasteiger partial charge in [-0.15, -0.1) is 0 Å². The minimum absolute atomic E-state index is 0.169. The zero-order valence-corrected chi connectivity index (χ0v) is 4.81. The topological polar surface area (TPSA) is 37.3 Å². The molecule has 0 saturated carbocycles. The van der Waals surface area contributed by atoms with Gasteiger partial charge >= 0.3 is 0 Å². The Balaban J connectivity index is 3.35. The second-order valence-electron chi connectivity index (χ2n) is 1.29. The van der Waals surface area contributed by atoms with Gasteiger partial charge in [-0.1, -0.05) is 11.3 Å². The summed E-state index contributed by atoms with van der Waals surface area (Å²) in [6, 6.07) is 3.00. The van der Waals surface area contributed by atoms with E-state index in [1.807, 2.05) is 0 Å². The van der Waals surface area contributed by atoms with Gasteiger partial charge in [-0.25, -0.2) is 0 Å². The molecular weight excluding hydrogens is 124 g/mol. The third-order valence-corrected chi connectivity index (χ3v) is 1.43. The average molecular weight is 128 g/mol. The van der Waals surface area contributed by atoms with Crippen molar-refractivity contribution in [1.82, 2.24) is 0 Å². The summed E-state index contributed by atoms with van der Waals surface area (Å²) < 4.78 is -0.285. The van der Waals surface area contributed by atoms with Crippen molar-refractivity contribution in [3.8, 4) is 5.75 Å². The first-order valence-electron chi connectivity index (χ1n) is 2.07. The first kappa shape index (κ1) is 5.31. The fourth-order valence-corrected chi connectivity index (χ4v) is 0.829. The highest BCUT2D eigenvalue weighted by Gasteiger charge is 1.88. The molecule has 0 aliphatic carbocycles. The van der Waals surface area contributed by atoms with Crippen molar-refractivity contribution in [2.24, 2.45) is 0 Å². The van der Waals surface area contributed by atoms with Crippen LogP contribution in [-0.4, -0.2) is 5.11 Å². The summed E-state index contributed by atoms with van der Waals surface area (Å²) in [5, 5.41) is 10.2. The molecule has 1 heterocycles. The molecule has 0 unspecified atom stereocenters. The summed E-state index contributed by atoms with van der Waals surface area (Å²) in [4.78, 5) is 10.4. The molecule has 0 radical (unpaired) electrons. The second kappa shape index (κ2) is 1.96. The predicted octanol–water partition coefficient (Wildman–Crippen LogP) is 0.814. The van der Waals surface area contributed by atoms with Crippen LogP contribution in [-0.2, 0) is 0 Å². The molecule has 42 valence electrons. The van der Waals surface area contributed by atoms with Crippen molar-refractivity contribution in [2.75, 3.05) is 0 Å². The van der Waals surface area contributed by atoms with E-state index in [9.17, 15) is 4.79 Å². The zero-order valence-electron chi connectivity index (χ0n) is 4.00. The lowest BCUT2D eigenvalue weighted by Gasteiger charge is -1.81. The molecule has 0 aromatic carbocycles. The molecule has 1 rings (SSSR count). The van der Waals surface area contributed by atoms with E-state index < -0.39 is 0 Å². The van der Waals surface area contributed by atoms with Crippen molar-refractivity contribution >= 4 is 11.3 Å². The van der Waals surface area contributed by atoms with Gasteiger partial charge in [-0.3, -0.25) is 4.79 Å². The van der Waals surface area contributed by atoms with Crippen molar-refractivity contribution in [3.63, 3.8) is 0 Å². The van der Waals surface area contributed by atoms with E-state index in [1.165, 1.54) is 6.07 Å². The van der Waals surface area contributed by atoms with Gasteiger partial charge in [0.2, 0.25) is 0 Å². The van der Waals surface area contributed by atoms with Crippen LogP contribution in [0.5, 0.6) is 5.75 Å². The summed E-state index contributed by atoms with van der Waals surface area (Å²) in [5.41, 5.74) is 0. The molecular formula is C5H4O2S. The lowest BCUT2D eigenvalue weighted by molar-refractivity contribution is 0.472. The fourth-order valence-electron chi connectivity index (χ4n) is 0.360. The van der Waals surface area contributed by atoms with Gasteiger partial charge in [0, 0.05) is 0 Å². The van der Waals surface area contributed by atoms with E-state index in [2.05, 4.69) is 0 Å². The summed E-state index contributed by atoms with van der Waals surface area (Å²) in [7, 11) is 0.